The molecular formula is C22H28N2O3. The van der Waals surface area contributed by atoms with E-state index in [1.54, 1.807) is 12.1 Å². The lowest BCUT2D eigenvalue weighted by Gasteiger charge is -2.25. The molecule has 3 rings (SSSR count). The van der Waals surface area contributed by atoms with Crippen LogP contribution in [0.3, 0.4) is 0 Å². The van der Waals surface area contributed by atoms with Gasteiger partial charge in [0.2, 0.25) is 0 Å². The van der Waals surface area contributed by atoms with Gasteiger partial charge < -0.3 is 19.7 Å². The molecule has 0 bridgehead atoms. The van der Waals surface area contributed by atoms with Gasteiger partial charge in [0.15, 0.2) is 0 Å². The Balaban J connectivity index is 1.64. The maximum atomic E-state index is 12.5. The molecule has 5 nitrogen and oxygen atoms in total. The van der Waals surface area contributed by atoms with E-state index in [2.05, 4.69) is 22.3 Å². The first-order valence-electron chi connectivity index (χ1n) is 9.41. The van der Waals surface area contributed by atoms with E-state index in [9.17, 15) is 4.79 Å². The maximum absolute atomic E-state index is 12.5. The van der Waals surface area contributed by atoms with Crippen LogP contribution in [-0.2, 0) is 6.42 Å². The van der Waals surface area contributed by atoms with Crippen LogP contribution in [0.25, 0.3) is 0 Å². The Labute approximate surface area is 161 Å². The number of hydrogen-bond donors (Lipinski definition) is 1. The fourth-order valence-electron chi connectivity index (χ4n) is 3.26. The molecule has 1 unspecified atom stereocenters. The lowest BCUT2D eigenvalue weighted by Crippen LogP contribution is -2.34. The van der Waals surface area contributed by atoms with Crippen molar-refractivity contribution in [2.45, 2.75) is 32.4 Å². The molecule has 1 N–H and O–H groups in total. The average molecular weight is 368 g/mol. The van der Waals surface area contributed by atoms with Gasteiger partial charge in [-0.3, -0.25) is 4.79 Å². The summed E-state index contributed by atoms with van der Waals surface area (Å²) in [5.74, 6) is 1.67. The van der Waals surface area contributed by atoms with E-state index in [4.69, 9.17) is 9.47 Å². The van der Waals surface area contributed by atoms with Crippen LogP contribution in [0.5, 0.6) is 11.5 Å². The number of benzene rings is 2. The van der Waals surface area contributed by atoms with Crippen LogP contribution in [0.1, 0.15) is 41.4 Å². The summed E-state index contributed by atoms with van der Waals surface area (Å²) < 4.78 is 11.2. The van der Waals surface area contributed by atoms with Gasteiger partial charge in [-0.25, -0.2) is 0 Å². The number of carbonyl (C=O) groups excluding carboxylic acids is 1. The number of amides is 1. The summed E-state index contributed by atoms with van der Waals surface area (Å²) in [7, 11) is 4.05. The van der Waals surface area contributed by atoms with E-state index in [1.165, 1.54) is 11.1 Å². The summed E-state index contributed by atoms with van der Waals surface area (Å²) >= 11 is 0. The fraction of sp³-hybridized carbons (Fsp3) is 0.409. The molecule has 0 aromatic heterocycles. The molecule has 1 atom stereocenters. The predicted molar refractivity (Wildman–Crippen MR) is 107 cm³/mol. The number of hydrogen-bond acceptors (Lipinski definition) is 4. The second-order valence-electron chi connectivity index (χ2n) is 7.35. The number of likely N-dealkylation sites (N-methyl/N-ethyl adjacent to an activating group) is 1. The Hall–Kier alpha value is -2.53. The van der Waals surface area contributed by atoms with E-state index < -0.39 is 0 Å². The van der Waals surface area contributed by atoms with Gasteiger partial charge in [-0.2, -0.15) is 0 Å². The monoisotopic (exact) mass is 368 g/mol. The largest absolute Gasteiger partial charge is 0.493 e. The first kappa shape index (κ1) is 19.2. The molecule has 1 amide bonds. The molecule has 0 spiro atoms. The summed E-state index contributed by atoms with van der Waals surface area (Å²) in [4.78, 5) is 14.7. The predicted octanol–water partition coefficient (Wildman–Crippen LogP) is 3.44. The molecule has 0 saturated carbocycles. The molecule has 27 heavy (non-hydrogen) atoms. The molecule has 0 saturated heterocycles. The summed E-state index contributed by atoms with van der Waals surface area (Å²) in [6, 6.07) is 13.7. The van der Waals surface area contributed by atoms with Gasteiger partial charge in [0, 0.05) is 18.5 Å². The molecule has 0 fully saturated rings. The van der Waals surface area contributed by atoms with Crippen molar-refractivity contribution in [1.82, 2.24) is 10.2 Å². The minimum atomic E-state index is -0.0811. The van der Waals surface area contributed by atoms with E-state index >= 15 is 0 Å². The van der Waals surface area contributed by atoms with Gasteiger partial charge in [-0.1, -0.05) is 12.1 Å². The third kappa shape index (κ3) is 4.80. The number of nitrogens with zero attached hydrogens (tertiary/aromatic N) is 1. The van der Waals surface area contributed by atoms with E-state index in [0.29, 0.717) is 12.1 Å². The molecule has 1 heterocycles. The second kappa shape index (κ2) is 8.44. The Kier molecular flexibility index (Phi) is 6.01. The maximum Gasteiger partial charge on any atom is 0.251 e. The van der Waals surface area contributed by atoms with Crippen LogP contribution < -0.4 is 14.8 Å². The van der Waals surface area contributed by atoms with Crippen molar-refractivity contribution in [3.8, 4) is 11.5 Å². The molecule has 0 aliphatic carbocycles. The first-order valence-corrected chi connectivity index (χ1v) is 9.41. The lowest BCUT2D eigenvalue weighted by atomic mass is 10.0. The van der Waals surface area contributed by atoms with Crippen molar-refractivity contribution in [2.75, 3.05) is 27.2 Å². The molecule has 144 valence electrons. The summed E-state index contributed by atoms with van der Waals surface area (Å²) in [6.07, 6.45) is 1.06. The van der Waals surface area contributed by atoms with E-state index in [0.717, 1.165) is 24.5 Å². The van der Waals surface area contributed by atoms with Crippen LogP contribution in [0, 0.1) is 0 Å². The Morgan fingerprint density at radius 2 is 1.93 bits per heavy atom. The minimum Gasteiger partial charge on any atom is -0.493 e. The zero-order valence-electron chi connectivity index (χ0n) is 16.5. The van der Waals surface area contributed by atoms with Crippen molar-refractivity contribution < 1.29 is 14.3 Å². The minimum absolute atomic E-state index is 0.0811. The Bertz CT molecular complexity index is 785. The van der Waals surface area contributed by atoms with Crippen molar-refractivity contribution in [3.63, 3.8) is 0 Å². The molecule has 1 aliphatic rings. The van der Waals surface area contributed by atoms with Gasteiger partial charge in [-0.15, -0.1) is 0 Å². The highest BCUT2D eigenvalue weighted by Crippen LogP contribution is 2.29. The SMILES string of the molecule is CC(C)Oc1ccc(C(=O)NCC(c2ccc3c(c2)CCO3)N(C)C)cc1. The fourth-order valence-corrected chi connectivity index (χ4v) is 3.26. The number of fused-ring (bicyclic) bond motifs is 1. The van der Waals surface area contributed by atoms with Crippen molar-refractivity contribution in [3.05, 3.63) is 59.2 Å². The van der Waals surface area contributed by atoms with Crippen LogP contribution in [0.15, 0.2) is 42.5 Å². The number of nitrogens with one attached hydrogen (secondary N) is 1. The number of carbonyl (C=O) groups is 1. The zero-order chi connectivity index (χ0) is 19.4. The smallest absolute Gasteiger partial charge is 0.251 e. The normalized spacial score (nSPS) is 14.0. The van der Waals surface area contributed by atoms with Gasteiger partial charge >= 0.3 is 0 Å². The highest BCUT2D eigenvalue weighted by molar-refractivity contribution is 5.94. The van der Waals surface area contributed by atoms with E-state index in [-0.39, 0.29) is 18.1 Å². The third-order valence-corrected chi connectivity index (χ3v) is 4.67. The lowest BCUT2D eigenvalue weighted by molar-refractivity contribution is 0.0942. The summed E-state index contributed by atoms with van der Waals surface area (Å²) in [5, 5.41) is 3.05. The van der Waals surface area contributed by atoms with E-state index in [1.807, 2.05) is 46.1 Å². The Morgan fingerprint density at radius 1 is 1.19 bits per heavy atom. The summed E-state index contributed by atoms with van der Waals surface area (Å²) in [5.41, 5.74) is 3.06. The molecule has 1 aliphatic heterocycles. The van der Waals surface area contributed by atoms with Crippen molar-refractivity contribution in [1.29, 1.82) is 0 Å². The van der Waals surface area contributed by atoms with Crippen LogP contribution in [0.4, 0.5) is 0 Å². The van der Waals surface area contributed by atoms with Gasteiger partial charge in [0.05, 0.1) is 18.8 Å². The molecular weight excluding hydrogens is 340 g/mol. The number of rotatable bonds is 7. The standard InChI is InChI=1S/C22H28N2O3/c1-15(2)27-19-8-5-16(6-9-19)22(25)23-14-20(24(3)4)17-7-10-21-18(13-17)11-12-26-21/h5-10,13,15,20H,11-12,14H2,1-4H3,(H,23,25). The quantitative estimate of drug-likeness (QED) is 0.813. The Morgan fingerprint density at radius 3 is 2.59 bits per heavy atom. The third-order valence-electron chi connectivity index (χ3n) is 4.67. The van der Waals surface area contributed by atoms with Crippen LogP contribution in [-0.4, -0.2) is 44.2 Å². The molecule has 2 aromatic rings. The van der Waals surface area contributed by atoms with Gasteiger partial charge in [0.25, 0.3) is 5.91 Å². The van der Waals surface area contributed by atoms with Crippen LogP contribution >= 0.6 is 0 Å². The average Bonchev–Trinajstić information content (AvgIpc) is 3.09. The number of ether oxygens (including phenoxy) is 2. The van der Waals surface area contributed by atoms with Crippen molar-refractivity contribution >= 4 is 5.91 Å². The molecule has 5 heteroatoms. The molecule has 0 radical (unpaired) electrons. The highest BCUT2D eigenvalue weighted by Gasteiger charge is 2.19. The second-order valence-corrected chi connectivity index (χ2v) is 7.35. The topological polar surface area (TPSA) is 50.8 Å². The van der Waals surface area contributed by atoms with Gasteiger partial charge in [-0.05, 0) is 69.4 Å². The zero-order valence-corrected chi connectivity index (χ0v) is 16.5. The van der Waals surface area contributed by atoms with Crippen LogP contribution in [0.2, 0.25) is 0 Å². The first-order chi connectivity index (χ1) is 12.9. The summed E-state index contributed by atoms with van der Waals surface area (Å²) in [6.45, 7) is 5.24. The van der Waals surface area contributed by atoms with Gasteiger partial charge in [0.1, 0.15) is 11.5 Å². The van der Waals surface area contributed by atoms with Crippen molar-refractivity contribution in [2.24, 2.45) is 0 Å². The highest BCUT2D eigenvalue weighted by atomic mass is 16.5. The molecule has 2 aromatic carbocycles.